The van der Waals surface area contributed by atoms with E-state index in [-0.39, 0.29) is 104 Å². The topological polar surface area (TPSA) is 297 Å². The molecule has 3 aromatic rings. The maximum atomic E-state index is 15.7. The normalized spacial score (nSPS) is 16.8. The van der Waals surface area contributed by atoms with Crippen molar-refractivity contribution in [3.63, 3.8) is 0 Å². The summed E-state index contributed by atoms with van der Waals surface area (Å²) in [5.74, 6) is -6.09. The Balaban J connectivity index is 1.38. The Labute approximate surface area is 547 Å². The molecule has 0 aliphatic carbocycles. The lowest BCUT2D eigenvalue weighted by molar-refractivity contribution is -0.144. The molecule has 92 heavy (non-hydrogen) atoms. The number of aliphatic carboxylic acids is 1. The molecule has 0 saturated carbocycles. The van der Waals surface area contributed by atoms with E-state index >= 15 is 4.79 Å². The summed E-state index contributed by atoms with van der Waals surface area (Å²) < 4.78 is 6.07. The molecule has 2 aliphatic rings. The van der Waals surface area contributed by atoms with Crippen molar-refractivity contribution in [3.05, 3.63) is 106 Å². The van der Waals surface area contributed by atoms with Gasteiger partial charge in [0.2, 0.25) is 23.6 Å². The highest BCUT2D eigenvalue weighted by Gasteiger charge is 2.40. The van der Waals surface area contributed by atoms with Gasteiger partial charge in [-0.3, -0.25) is 48.1 Å². The maximum absolute atomic E-state index is 15.7. The van der Waals surface area contributed by atoms with Crippen LogP contribution in [0.5, 0.6) is 0 Å². The predicted molar refractivity (Wildman–Crippen MR) is 356 cm³/mol. The molecule has 1 fully saturated rings. The van der Waals surface area contributed by atoms with E-state index in [1.54, 1.807) is 35.4 Å². The van der Waals surface area contributed by atoms with Crippen molar-refractivity contribution >= 4 is 76.1 Å². The third kappa shape index (κ3) is 23.8. The molecule has 0 bridgehead atoms. The number of carboxylic acid groups (broad SMARTS) is 1. The molecule has 21 nitrogen and oxygen atoms in total. The van der Waals surface area contributed by atoms with E-state index in [4.69, 9.17) is 15.5 Å². The second-order valence-corrected chi connectivity index (χ2v) is 26.6. The Hall–Kier alpha value is -7.59. The molecule has 7 N–H and O–H groups in total. The number of carbonyl (C=O) groups is 10. The average Bonchev–Trinajstić information content (AvgIpc) is 1.37. The number of carboxylic acids is 1. The van der Waals surface area contributed by atoms with Crippen LogP contribution in [0.3, 0.4) is 0 Å². The number of nitrogens with two attached hydrogens (primary N) is 1. The van der Waals surface area contributed by atoms with Crippen LogP contribution >= 0.6 is 11.3 Å². The minimum atomic E-state index is -1.05. The van der Waals surface area contributed by atoms with Gasteiger partial charge >= 0.3 is 12.1 Å². The third-order valence-corrected chi connectivity index (χ3v) is 18.9. The molecule has 0 unspecified atom stereocenters. The van der Waals surface area contributed by atoms with Crippen LogP contribution in [0, 0.1) is 35.5 Å². The monoisotopic (exact) mass is 1290 g/mol. The maximum Gasteiger partial charge on any atom is 0.407 e. The van der Waals surface area contributed by atoms with E-state index in [2.05, 4.69) is 32.7 Å². The second kappa shape index (κ2) is 37.8. The summed E-state index contributed by atoms with van der Waals surface area (Å²) in [5, 5.41) is 23.1. The Kier molecular flexibility index (Phi) is 30.9. The van der Waals surface area contributed by atoms with Crippen LogP contribution < -0.4 is 27.0 Å². The Morgan fingerprint density at radius 1 is 0.826 bits per heavy atom. The molecule has 7 amide bonds. The number of ether oxygens (including phenoxy) is 1. The van der Waals surface area contributed by atoms with E-state index in [0.29, 0.717) is 80.7 Å². The van der Waals surface area contributed by atoms with Crippen molar-refractivity contribution in [2.75, 3.05) is 39.0 Å². The van der Waals surface area contributed by atoms with E-state index in [1.165, 1.54) is 13.1 Å². The summed E-state index contributed by atoms with van der Waals surface area (Å²) in [6, 6.07) is 14.1. The summed E-state index contributed by atoms with van der Waals surface area (Å²) in [4.78, 5) is 145. The highest BCUT2D eigenvalue weighted by atomic mass is 32.1. The number of likely N-dealkylation sites (tertiary alicyclic amines) is 1. The number of carbonyl (C=O) groups excluding carboxylic acids is 9. The van der Waals surface area contributed by atoms with Crippen molar-refractivity contribution in [2.24, 2.45) is 41.2 Å². The molecule has 1 aromatic heterocycles. The predicted octanol–water partition coefficient (Wildman–Crippen LogP) is 9.76. The number of benzene rings is 2. The van der Waals surface area contributed by atoms with Crippen molar-refractivity contribution in [1.82, 2.24) is 35.6 Å². The van der Waals surface area contributed by atoms with Crippen molar-refractivity contribution in [1.29, 1.82) is 0 Å². The Morgan fingerprint density at radius 3 is 2.15 bits per heavy atom. The molecule has 2 aliphatic heterocycles. The van der Waals surface area contributed by atoms with Gasteiger partial charge in [-0.2, -0.15) is 0 Å². The van der Waals surface area contributed by atoms with Crippen molar-refractivity contribution < 1.29 is 57.8 Å². The number of ketones is 2. The molecule has 504 valence electrons. The first-order chi connectivity index (χ1) is 43.8. The number of thiazole rings is 1. The zero-order chi connectivity index (χ0) is 67.6. The summed E-state index contributed by atoms with van der Waals surface area (Å²) in [7, 11) is 3.38. The van der Waals surface area contributed by atoms with Gasteiger partial charge in [-0.25, -0.2) is 9.78 Å². The highest BCUT2D eigenvalue weighted by Crippen LogP contribution is 2.34. The van der Waals surface area contributed by atoms with Crippen LogP contribution in [0.2, 0.25) is 0 Å². The quantitative estimate of drug-likeness (QED) is 0.0289. The van der Waals surface area contributed by atoms with Gasteiger partial charge in [0.15, 0.2) is 11.9 Å². The van der Waals surface area contributed by atoms with Gasteiger partial charge in [0.05, 0.1) is 12.0 Å². The van der Waals surface area contributed by atoms with Crippen molar-refractivity contribution in [2.45, 2.75) is 194 Å². The molecular weight excluding hydrogens is 1190 g/mol. The fourth-order valence-corrected chi connectivity index (χ4v) is 12.8. The average molecular weight is 1290 g/mol. The molecule has 5 rings (SSSR count). The molecule has 22 heteroatoms. The van der Waals surface area contributed by atoms with Crippen LogP contribution in [-0.4, -0.2) is 142 Å². The number of hydrogen-bond donors (Lipinski definition) is 6. The number of amides is 7. The summed E-state index contributed by atoms with van der Waals surface area (Å²) >= 11 is 1.12. The van der Waals surface area contributed by atoms with Gasteiger partial charge in [0, 0.05) is 99.0 Å². The standard InChI is InChI=1S/C70H101N9O12S/c1-11-46(6)55(41-60(81)58-26-19-21-35-77(58)10)68(87)79(59(45(4)5)42-61(91-70(90)72-9)67-76-57(43-92-67)66(86)74-52(38-47(7)69(88)89)39-50-22-14-12-15-23-50)37-34-49-29-31-51(32-30-49)73-65(85)56(25-17-18-27-62(71)82)75-64(84)54(44(2)3)40-53(80)24-16-13-20-36-78-48(8)28-33-63(78)83/h12,14-15,22-23,28-33,43-47,52,54-56,58-59,61H,8,11,13,16-21,24-27,34-42H2,1-7,9-10H3,(H2,71,82)(H,72,90)(H,73,85)(H,74,86)(H,75,84)(H,88,89)/t46-,47+,52+,54-,55-,56-,58+,59+,61+/m0/s1. The number of anilines is 1. The molecule has 1 saturated heterocycles. The summed E-state index contributed by atoms with van der Waals surface area (Å²) in [6.07, 6.45) is 8.98. The van der Waals surface area contributed by atoms with Gasteiger partial charge in [-0.1, -0.05) is 123 Å². The Morgan fingerprint density at radius 2 is 1.53 bits per heavy atom. The number of alkyl carbamates (subject to hydrolysis) is 1. The van der Waals surface area contributed by atoms with E-state index in [1.807, 2.05) is 96.0 Å². The third-order valence-electron chi connectivity index (χ3n) is 17.9. The number of Topliss-reactive ketones (excluding diaryl/α,β-unsaturated/α-hetero) is 2. The first-order valence-electron chi connectivity index (χ1n) is 32.9. The first-order valence-corrected chi connectivity index (χ1v) is 33.8. The minimum absolute atomic E-state index is 0.00512. The number of allylic oxidation sites excluding steroid dienone is 1. The lowest BCUT2D eigenvalue weighted by atomic mass is 9.82. The zero-order valence-corrected chi connectivity index (χ0v) is 56.4. The fourth-order valence-electron chi connectivity index (χ4n) is 12.0. The van der Waals surface area contributed by atoms with Gasteiger partial charge in [0.25, 0.3) is 11.8 Å². The van der Waals surface area contributed by atoms with Crippen molar-refractivity contribution in [3.8, 4) is 0 Å². The molecule has 0 radical (unpaired) electrons. The lowest BCUT2D eigenvalue weighted by Crippen LogP contribution is -2.50. The van der Waals surface area contributed by atoms with Crippen LogP contribution in [0.1, 0.15) is 184 Å². The van der Waals surface area contributed by atoms with E-state index < -0.39 is 77.7 Å². The van der Waals surface area contributed by atoms with E-state index in [9.17, 15) is 48.3 Å². The largest absolute Gasteiger partial charge is 0.481 e. The first kappa shape index (κ1) is 75.1. The van der Waals surface area contributed by atoms with Crippen LogP contribution in [-0.2, 0) is 55.9 Å². The van der Waals surface area contributed by atoms with Gasteiger partial charge in [-0.15, -0.1) is 11.3 Å². The number of rotatable bonds is 40. The number of nitrogens with zero attached hydrogens (tertiary/aromatic N) is 4. The number of primary amides is 1. The number of unbranched alkanes of at least 4 members (excludes halogenated alkanes) is 3. The number of hydrogen-bond acceptors (Lipinski definition) is 14. The fraction of sp³-hybridized carbons (Fsp3) is 0.586. The number of aromatic nitrogens is 1. The van der Waals surface area contributed by atoms with Crippen LogP contribution in [0.15, 0.2) is 84.4 Å². The Bertz CT molecular complexity index is 2990. The number of nitrogens with one attached hydrogen (secondary N) is 4. The molecular formula is C70H101N9O12S. The second-order valence-electron chi connectivity index (χ2n) is 25.7. The van der Waals surface area contributed by atoms with E-state index in [0.717, 1.165) is 41.9 Å². The number of likely N-dealkylation sites (N-methyl/N-ethyl adjacent to an activating group) is 1. The summed E-state index contributed by atoms with van der Waals surface area (Å²) in [6.45, 7) is 18.6. The van der Waals surface area contributed by atoms with Gasteiger partial charge in [-0.05, 0) is 118 Å². The molecule has 2 aromatic carbocycles. The lowest BCUT2D eigenvalue weighted by Gasteiger charge is -2.40. The minimum Gasteiger partial charge on any atom is -0.481 e. The van der Waals surface area contributed by atoms with Gasteiger partial charge in [0.1, 0.15) is 22.5 Å². The van der Waals surface area contributed by atoms with Gasteiger partial charge < -0.3 is 46.6 Å². The highest BCUT2D eigenvalue weighted by molar-refractivity contribution is 7.09. The SMILES string of the molecule is C=C1C=CC(=O)N1CCCCCC(=O)C[C@H](C(=O)N[C@@H](CCCCC(N)=O)C(=O)Nc1ccc(CCN(C(=O)[C@@H](CC(=O)[C@H]2CCCCN2C)[C@@H](C)CC)[C@H](C[C@@H](OC(=O)NC)c2nc(C(=O)N[C@@H](Cc3ccccc3)C[C@@H](C)C(=O)O)cs2)C(C)C)cc1)C(C)C. The smallest absolute Gasteiger partial charge is 0.407 e. The molecule has 3 heterocycles. The van der Waals surface area contributed by atoms with Crippen LogP contribution in [0.25, 0.3) is 0 Å². The molecule has 0 spiro atoms. The zero-order valence-electron chi connectivity index (χ0n) is 55.5. The molecule has 9 atom stereocenters. The van der Waals surface area contributed by atoms with Crippen LogP contribution in [0.4, 0.5) is 10.5 Å². The summed E-state index contributed by atoms with van der Waals surface area (Å²) in [5.41, 5.74) is 8.28. The number of piperidine rings is 1.